The zero-order chi connectivity index (χ0) is 14.8. The molecule has 0 saturated carbocycles. The molecule has 3 heterocycles. The predicted octanol–water partition coefficient (Wildman–Crippen LogP) is 2.31. The largest absolute Gasteiger partial charge is 0.495 e. The van der Waals surface area contributed by atoms with Crippen LogP contribution in [0.1, 0.15) is 21.4 Å². The Kier molecular flexibility index (Phi) is 3.98. The van der Waals surface area contributed by atoms with Gasteiger partial charge in [0, 0.05) is 25.5 Å². The van der Waals surface area contributed by atoms with E-state index in [1.165, 1.54) is 11.3 Å². The van der Waals surface area contributed by atoms with Crippen LogP contribution >= 0.6 is 11.3 Å². The van der Waals surface area contributed by atoms with Crippen molar-refractivity contribution < 1.29 is 14.3 Å². The Morgan fingerprint density at radius 3 is 3.05 bits per heavy atom. The Labute approximate surface area is 127 Å². The van der Waals surface area contributed by atoms with E-state index in [9.17, 15) is 4.79 Å². The van der Waals surface area contributed by atoms with E-state index >= 15 is 0 Å². The maximum atomic E-state index is 12.8. The third kappa shape index (κ3) is 2.56. The SMILES string of the molecule is COc1ccsc1C(=O)N1CCOC[C@@H]1c1cccn1C. The predicted molar refractivity (Wildman–Crippen MR) is 80.9 cm³/mol. The van der Waals surface area contributed by atoms with Crippen LogP contribution in [0.15, 0.2) is 29.8 Å². The smallest absolute Gasteiger partial charge is 0.268 e. The van der Waals surface area contributed by atoms with E-state index < -0.39 is 0 Å². The second-order valence-corrected chi connectivity index (χ2v) is 5.87. The third-order valence-corrected chi connectivity index (χ3v) is 4.64. The van der Waals surface area contributed by atoms with Gasteiger partial charge in [-0.1, -0.05) is 0 Å². The van der Waals surface area contributed by atoms with Gasteiger partial charge in [-0.3, -0.25) is 4.79 Å². The number of morpholine rings is 1. The van der Waals surface area contributed by atoms with Gasteiger partial charge in [-0.2, -0.15) is 0 Å². The fourth-order valence-corrected chi connectivity index (χ4v) is 3.47. The number of carbonyl (C=O) groups is 1. The second kappa shape index (κ2) is 5.91. The lowest BCUT2D eigenvalue weighted by Crippen LogP contribution is -2.43. The molecule has 0 aromatic carbocycles. The second-order valence-electron chi connectivity index (χ2n) is 4.95. The minimum atomic E-state index is -0.0574. The average Bonchev–Trinajstić information content (AvgIpc) is 3.14. The van der Waals surface area contributed by atoms with Crippen LogP contribution in [0, 0.1) is 0 Å². The minimum Gasteiger partial charge on any atom is -0.495 e. The number of carbonyl (C=O) groups excluding carboxylic acids is 1. The van der Waals surface area contributed by atoms with Gasteiger partial charge in [0.05, 0.1) is 26.4 Å². The molecule has 1 amide bonds. The van der Waals surface area contributed by atoms with E-state index in [2.05, 4.69) is 0 Å². The molecule has 1 fully saturated rings. The molecule has 1 aliphatic rings. The van der Waals surface area contributed by atoms with Crippen molar-refractivity contribution in [3.05, 3.63) is 40.3 Å². The molecule has 5 nitrogen and oxygen atoms in total. The molecule has 0 unspecified atom stereocenters. The lowest BCUT2D eigenvalue weighted by molar-refractivity contribution is -0.00450. The number of hydrogen-bond donors (Lipinski definition) is 0. The first-order chi connectivity index (χ1) is 10.2. The first-order valence-electron chi connectivity index (χ1n) is 6.83. The van der Waals surface area contributed by atoms with Crippen molar-refractivity contribution in [1.82, 2.24) is 9.47 Å². The van der Waals surface area contributed by atoms with Crippen LogP contribution < -0.4 is 4.74 Å². The third-order valence-electron chi connectivity index (χ3n) is 3.76. The molecule has 2 aromatic heterocycles. The Bertz CT molecular complexity index is 634. The fraction of sp³-hybridized carbons (Fsp3) is 0.400. The molecule has 0 radical (unpaired) electrons. The molecule has 3 rings (SSSR count). The van der Waals surface area contributed by atoms with Gasteiger partial charge in [0.2, 0.25) is 0 Å². The van der Waals surface area contributed by atoms with Crippen molar-refractivity contribution in [2.45, 2.75) is 6.04 Å². The summed E-state index contributed by atoms with van der Waals surface area (Å²) in [7, 11) is 3.57. The van der Waals surface area contributed by atoms with Gasteiger partial charge in [-0.25, -0.2) is 0 Å². The van der Waals surface area contributed by atoms with Crippen molar-refractivity contribution in [1.29, 1.82) is 0 Å². The summed E-state index contributed by atoms with van der Waals surface area (Å²) in [6, 6.07) is 5.79. The first-order valence-corrected chi connectivity index (χ1v) is 7.71. The van der Waals surface area contributed by atoms with Gasteiger partial charge in [0.15, 0.2) is 0 Å². The van der Waals surface area contributed by atoms with Gasteiger partial charge < -0.3 is 18.9 Å². The van der Waals surface area contributed by atoms with Crippen molar-refractivity contribution in [3.63, 3.8) is 0 Å². The molecule has 1 aliphatic heterocycles. The molecular weight excluding hydrogens is 288 g/mol. The summed E-state index contributed by atoms with van der Waals surface area (Å²) in [5.74, 6) is 0.651. The number of methoxy groups -OCH3 is 1. The Morgan fingerprint density at radius 2 is 2.33 bits per heavy atom. The maximum Gasteiger partial charge on any atom is 0.268 e. The zero-order valence-corrected chi connectivity index (χ0v) is 12.9. The highest BCUT2D eigenvalue weighted by molar-refractivity contribution is 7.12. The number of hydrogen-bond acceptors (Lipinski definition) is 4. The fourth-order valence-electron chi connectivity index (χ4n) is 2.66. The number of amides is 1. The highest BCUT2D eigenvalue weighted by Crippen LogP contribution is 2.31. The van der Waals surface area contributed by atoms with Crippen molar-refractivity contribution in [2.75, 3.05) is 26.9 Å². The van der Waals surface area contributed by atoms with Crippen molar-refractivity contribution in [2.24, 2.45) is 7.05 Å². The molecule has 0 spiro atoms. The molecule has 0 bridgehead atoms. The summed E-state index contributed by atoms with van der Waals surface area (Å²) < 4.78 is 12.9. The molecule has 0 aliphatic carbocycles. The summed E-state index contributed by atoms with van der Waals surface area (Å²) >= 11 is 1.42. The van der Waals surface area contributed by atoms with Crippen LogP contribution in [0.25, 0.3) is 0 Å². The quantitative estimate of drug-likeness (QED) is 0.874. The normalized spacial score (nSPS) is 18.8. The lowest BCUT2D eigenvalue weighted by atomic mass is 10.1. The Hall–Kier alpha value is -1.79. The van der Waals surface area contributed by atoms with Crippen LogP contribution in [0.3, 0.4) is 0 Å². The number of aromatic nitrogens is 1. The van der Waals surface area contributed by atoms with E-state index in [1.54, 1.807) is 7.11 Å². The Balaban J connectivity index is 1.91. The van der Waals surface area contributed by atoms with Crippen molar-refractivity contribution >= 4 is 17.2 Å². The molecule has 21 heavy (non-hydrogen) atoms. The Morgan fingerprint density at radius 1 is 1.48 bits per heavy atom. The first kappa shape index (κ1) is 14.2. The molecular formula is C15H18N2O3S. The summed E-state index contributed by atoms with van der Waals surface area (Å²) in [5, 5.41) is 1.88. The summed E-state index contributed by atoms with van der Waals surface area (Å²) in [6.45, 7) is 1.69. The molecule has 112 valence electrons. The highest BCUT2D eigenvalue weighted by atomic mass is 32.1. The molecule has 0 N–H and O–H groups in total. The molecule has 6 heteroatoms. The molecule has 2 aromatic rings. The van der Waals surface area contributed by atoms with E-state index in [0.29, 0.717) is 30.4 Å². The maximum absolute atomic E-state index is 12.8. The van der Waals surface area contributed by atoms with E-state index in [0.717, 1.165) is 5.69 Å². The highest BCUT2D eigenvalue weighted by Gasteiger charge is 2.32. The summed E-state index contributed by atoms with van der Waals surface area (Å²) in [5.41, 5.74) is 1.08. The van der Waals surface area contributed by atoms with Crippen LogP contribution in [0.2, 0.25) is 0 Å². The zero-order valence-electron chi connectivity index (χ0n) is 12.1. The van der Waals surface area contributed by atoms with Gasteiger partial charge in [-0.15, -0.1) is 11.3 Å². The number of rotatable bonds is 3. The van der Waals surface area contributed by atoms with Gasteiger partial charge >= 0.3 is 0 Å². The van der Waals surface area contributed by atoms with E-state index in [1.807, 2.05) is 46.3 Å². The van der Waals surface area contributed by atoms with Crippen molar-refractivity contribution in [3.8, 4) is 5.75 Å². The lowest BCUT2D eigenvalue weighted by Gasteiger charge is -2.35. The monoisotopic (exact) mass is 306 g/mol. The van der Waals surface area contributed by atoms with Gasteiger partial charge in [-0.05, 0) is 23.6 Å². The molecule has 1 saturated heterocycles. The summed E-state index contributed by atoms with van der Waals surface area (Å²) in [6.07, 6.45) is 1.98. The van der Waals surface area contributed by atoms with E-state index in [4.69, 9.17) is 9.47 Å². The molecule has 1 atom stereocenters. The number of aryl methyl sites for hydroxylation is 1. The number of nitrogens with zero attached hydrogens (tertiary/aromatic N) is 2. The van der Waals surface area contributed by atoms with Crippen LogP contribution in [0.4, 0.5) is 0 Å². The van der Waals surface area contributed by atoms with Crippen LogP contribution in [-0.4, -0.2) is 42.2 Å². The average molecular weight is 306 g/mol. The van der Waals surface area contributed by atoms with Gasteiger partial charge in [0.1, 0.15) is 10.6 Å². The summed E-state index contributed by atoms with van der Waals surface area (Å²) in [4.78, 5) is 15.4. The standard InChI is InChI=1S/C15H18N2O3S/c1-16-6-3-4-11(16)12-10-20-8-7-17(12)15(18)14-13(19-2)5-9-21-14/h3-6,9,12H,7-8,10H2,1-2H3/t12-/m1/s1. The number of thiophene rings is 1. The van der Waals surface area contributed by atoms with E-state index in [-0.39, 0.29) is 11.9 Å². The van der Waals surface area contributed by atoms with Crippen LogP contribution in [0.5, 0.6) is 5.75 Å². The topological polar surface area (TPSA) is 43.7 Å². The van der Waals surface area contributed by atoms with Crippen LogP contribution in [-0.2, 0) is 11.8 Å². The van der Waals surface area contributed by atoms with Gasteiger partial charge in [0.25, 0.3) is 5.91 Å². The number of ether oxygens (including phenoxy) is 2. The minimum absolute atomic E-state index is 0.0105.